The number of pyridine rings is 1. The lowest BCUT2D eigenvalue weighted by atomic mass is 10.2. The van der Waals surface area contributed by atoms with E-state index in [4.69, 9.17) is 0 Å². The van der Waals surface area contributed by atoms with Gasteiger partial charge in [0.1, 0.15) is 0 Å². The average Bonchev–Trinajstić information content (AvgIpc) is 2.55. The summed E-state index contributed by atoms with van der Waals surface area (Å²) in [4.78, 5) is 31.6. The van der Waals surface area contributed by atoms with Gasteiger partial charge in [-0.2, -0.15) is 0 Å². The van der Waals surface area contributed by atoms with Crippen LogP contribution in [0.3, 0.4) is 0 Å². The highest BCUT2D eigenvalue weighted by atomic mass is 32.2. The van der Waals surface area contributed by atoms with Crippen molar-refractivity contribution in [3.8, 4) is 0 Å². The Bertz CT molecular complexity index is 1120. The van der Waals surface area contributed by atoms with Crippen molar-refractivity contribution < 1.29 is 8.42 Å². The molecule has 1 aromatic carbocycles. The number of aryl methyl sites for hydroxylation is 1. The molecule has 0 fully saturated rings. The molecule has 0 aliphatic carbocycles. The van der Waals surface area contributed by atoms with Gasteiger partial charge in [0, 0.05) is 6.20 Å². The van der Waals surface area contributed by atoms with Gasteiger partial charge in [0.25, 0.3) is 0 Å². The third-order valence-electron chi connectivity index (χ3n) is 3.48. The van der Waals surface area contributed by atoms with Gasteiger partial charge >= 0.3 is 11.1 Å². The van der Waals surface area contributed by atoms with Gasteiger partial charge in [-0.3, -0.25) is 14.6 Å². The molecule has 9 heteroatoms. The van der Waals surface area contributed by atoms with Gasteiger partial charge in [-0.1, -0.05) is 6.07 Å². The topological polar surface area (TPSA) is 125 Å². The van der Waals surface area contributed by atoms with Gasteiger partial charge < -0.3 is 9.97 Å². The van der Waals surface area contributed by atoms with E-state index in [1.54, 1.807) is 31.3 Å². The predicted octanol–water partition coefficient (Wildman–Crippen LogP) is 0.398. The van der Waals surface area contributed by atoms with E-state index in [2.05, 4.69) is 19.7 Å². The molecule has 24 heavy (non-hydrogen) atoms. The van der Waals surface area contributed by atoms with Crippen LogP contribution in [0, 0.1) is 6.92 Å². The molecule has 8 nitrogen and oxygen atoms in total. The number of rotatable bonds is 4. The second-order valence-corrected chi connectivity index (χ2v) is 6.95. The molecule has 0 aliphatic heterocycles. The molecule has 0 aliphatic rings. The first-order valence-electron chi connectivity index (χ1n) is 7.03. The van der Waals surface area contributed by atoms with Crippen molar-refractivity contribution >= 4 is 21.1 Å². The summed E-state index contributed by atoms with van der Waals surface area (Å²) >= 11 is 0. The number of nitrogens with one attached hydrogen (secondary N) is 3. The summed E-state index contributed by atoms with van der Waals surface area (Å²) < 4.78 is 27.5. The molecule has 3 rings (SSSR count). The van der Waals surface area contributed by atoms with Crippen LogP contribution in [0.1, 0.15) is 11.3 Å². The Kier molecular flexibility index (Phi) is 4.04. The number of nitrogens with zero attached hydrogens (tertiary/aromatic N) is 1. The standard InChI is InChI=1S/C15H14N4O4S/c1-9-6-11-12(19-15(21)14(20)18-11)7-13(9)24(22,23)17-8-10-4-2-3-5-16-10/h2-7,17H,8H2,1H3,(H,18,20)(H,19,21). The molecule has 3 N–H and O–H groups in total. The first kappa shape index (κ1) is 16.1. The molecule has 0 saturated carbocycles. The largest absolute Gasteiger partial charge is 0.316 e. The van der Waals surface area contributed by atoms with Gasteiger partial charge in [-0.25, -0.2) is 13.1 Å². The molecular weight excluding hydrogens is 332 g/mol. The van der Waals surface area contributed by atoms with Crippen LogP contribution in [-0.4, -0.2) is 23.4 Å². The van der Waals surface area contributed by atoms with E-state index in [1.807, 2.05) is 0 Å². The lowest BCUT2D eigenvalue weighted by molar-refractivity contribution is 0.580. The van der Waals surface area contributed by atoms with Crippen molar-refractivity contribution in [2.75, 3.05) is 0 Å². The minimum atomic E-state index is -3.81. The second kappa shape index (κ2) is 6.02. The first-order chi connectivity index (χ1) is 11.4. The number of benzene rings is 1. The summed E-state index contributed by atoms with van der Waals surface area (Å²) in [5, 5.41) is 0. The number of aromatic nitrogens is 3. The summed E-state index contributed by atoms with van der Waals surface area (Å²) in [7, 11) is -3.81. The second-order valence-electron chi connectivity index (χ2n) is 5.22. The summed E-state index contributed by atoms with van der Waals surface area (Å²) in [5.41, 5.74) is 0.00194. The molecule has 0 bridgehead atoms. The van der Waals surface area contributed by atoms with E-state index in [0.717, 1.165) is 0 Å². The van der Waals surface area contributed by atoms with Crippen LogP contribution in [0.5, 0.6) is 0 Å². The Morgan fingerprint density at radius 1 is 1.08 bits per heavy atom. The molecule has 2 aromatic heterocycles. The van der Waals surface area contributed by atoms with E-state index < -0.39 is 21.1 Å². The SMILES string of the molecule is Cc1cc2[nH]c(=O)c(=O)[nH]c2cc1S(=O)(=O)NCc1ccccn1. The maximum Gasteiger partial charge on any atom is 0.314 e. The summed E-state index contributed by atoms with van der Waals surface area (Å²) in [6, 6.07) is 8.03. The molecule has 0 spiro atoms. The molecule has 0 radical (unpaired) electrons. The zero-order valence-electron chi connectivity index (χ0n) is 12.7. The van der Waals surface area contributed by atoms with E-state index in [0.29, 0.717) is 16.8 Å². The summed E-state index contributed by atoms with van der Waals surface area (Å²) in [6.07, 6.45) is 1.58. The maximum atomic E-state index is 12.5. The lowest BCUT2D eigenvalue weighted by Crippen LogP contribution is -2.29. The van der Waals surface area contributed by atoms with Gasteiger partial charge in [-0.05, 0) is 36.8 Å². The summed E-state index contributed by atoms with van der Waals surface area (Å²) in [5.74, 6) is 0. The number of aromatic amines is 2. The normalized spacial score (nSPS) is 11.7. The predicted molar refractivity (Wildman–Crippen MR) is 88.2 cm³/mol. The third kappa shape index (κ3) is 3.12. The third-order valence-corrected chi connectivity index (χ3v) is 5.02. The maximum absolute atomic E-state index is 12.5. The van der Waals surface area contributed by atoms with E-state index in [9.17, 15) is 18.0 Å². The number of H-pyrrole nitrogens is 2. The van der Waals surface area contributed by atoms with Gasteiger partial charge in [0.15, 0.2) is 0 Å². The van der Waals surface area contributed by atoms with Crippen LogP contribution >= 0.6 is 0 Å². The van der Waals surface area contributed by atoms with Crippen LogP contribution in [0.2, 0.25) is 0 Å². The van der Waals surface area contributed by atoms with E-state index in [-0.39, 0.29) is 17.0 Å². The highest BCUT2D eigenvalue weighted by Crippen LogP contribution is 2.19. The summed E-state index contributed by atoms with van der Waals surface area (Å²) in [6.45, 7) is 1.65. The molecule has 3 aromatic rings. The minimum absolute atomic E-state index is 0.0219. The van der Waals surface area contributed by atoms with Crippen LogP contribution < -0.4 is 15.8 Å². The molecular formula is C15H14N4O4S. The van der Waals surface area contributed by atoms with Crippen molar-refractivity contribution in [3.05, 3.63) is 68.5 Å². The number of sulfonamides is 1. The number of hydrogen-bond donors (Lipinski definition) is 3. The zero-order valence-corrected chi connectivity index (χ0v) is 13.5. The van der Waals surface area contributed by atoms with Gasteiger partial charge in [0.05, 0.1) is 28.2 Å². The molecule has 2 heterocycles. The lowest BCUT2D eigenvalue weighted by Gasteiger charge is -2.10. The minimum Gasteiger partial charge on any atom is -0.316 e. The number of hydrogen-bond acceptors (Lipinski definition) is 5. The Hall–Kier alpha value is -2.78. The fourth-order valence-electron chi connectivity index (χ4n) is 2.29. The highest BCUT2D eigenvalue weighted by Gasteiger charge is 2.18. The van der Waals surface area contributed by atoms with E-state index in [1.165, 1.54) is 12.1 Å². The van der Waals surface area contributed by atoms with Gasteiger partial charge in [0.2, 0.25) is 10.0 Å². The Labute approximate surface area is 136 Å². The Morgan fingerprint density at radius 3 is 2.38 bits per heavy atom. The molecule has 0 atom stereocenters. The van der Waals surface area contributed by atoms with Crippen molar-refractivity contribution in [2.45, 2.75) is 18.4 Å². The van der Waals surface area contributed by atoms with Crippen molar-refractivity contribution in [3.63, 3.8) is 0 Å². The van der Waals surface area contributed by atoms with Crippen molar-refractivity contribution in [1.82, 2.24) is 19.7 Å². The molecule has 0 amide bonds. The average molecular weight is 346 g/mol. The van der Waals surface area contributed by atoms with Crippen LogP contribution in [0.15, 0.2) is 51.0 Å². The van der Waals surface area contributed by atoms with Crippen LogP contribution in [-0.2, 0) is 16.6 Å². The zero-order chi connectivity index (χ0) is 17.3. The van der Waals surface area contributed by atoms with Crippen molar-refractivity contribution in [1.29, 1.82) is 0 Å². The van der Waals surface area contributed by atoms with Crippen LogP contribution in [0.25, 0.3) is 11.0 Å². The monoisotopic (exact) mass is 346 g/mol. The van der Waals surface area contributed by atoms with Crippen LogP contribution in [0.4, 0.5) is 0 Å². The fraction of sp³-hybridized carbons (Fsp3) is 0.133. The molecule has 0 saturated heterocycles. The molecule has 124 valence electrons. The number of fused-ring (bicyclic) bond motifs is 1. The van der Waals surface area contributed by atoms with E-state index >= 15 is 0 Å². The highest BCUT2D eigenvalue weighted by molar-refractivity contribution is 7.89. The molecule has 0 unspecified atom stereocenters. The van der Waals surface area contributed by atoms with Gasteiger partial charge in [-0.15, -0.1) is 0 Å². The smallest absolute Gasteiger partial charge is 0.314 e. The van der Waals surface area contributed by atoms with Crippen molar-refractivity contribution in [2.24, 2.45) is 0 Å². The quantitative estimate of drug-likeness (QED) is 0.590. The Morgan fingerprint density at radius 2 is 1.75 bits per heavy atom. The fourth-order valence-corrected chi connectivity index (χ4v) is 3.54. The Balaban J connectivity index is 2.01. The first-order valence-corrected chi connectivity index (χ1v) is 8.52.